The van der Waals surface area contributed by atoms with E-state index in [1.165, 1.54) is 5.56 Å². The van der Waals surface area contributed by atoms with Crippen LogP contribution in [-0.4, -0.2) is 39.0 Å². The Bertz CT molecular complexity index is 508. The van der Waals surface area contributed by atoms with Crippen molar-refractivity contribution in [1.29, 1.82) is 0 Å². The van der Waals surface area contributed by atoms with Gasteiger partial charge in [-0.3, -0.25) is 0 Å². The van der Waals surface area contributed by atoms with Crippen molar-refractivity contribution in [3.63, 3.8) is 0 Å². The van der Waals surface area contributed by atoms with Crippen molar-refractivity contribution in [3.8, 4) is 0 Å². The van der Waals surface area contributed by atoms with E-state index in [2.05, 4.69) is 30.4 Å². The number of likely N-dealkylation sites (N-methyl/N-ethyl adjacent to an activating group) is 1. The topological polar surface area (TPSA) is 49.4 Å². The second-order valence-corrected chi connectivity index (χ2v) is 7.12. The summed E-state index contributed by atoms with van der Waals surface area (Å²) < 4.78 is 27.4. The van der Waals surface area contributed by atoms with Gasteiger partial charge in [0.1, 0.15) is 0 Å². The minimum Gasteiger partial charge on any atom is -0.302 e. The van der Waals surface area contributed by atoms with Gasteiger partial charge in [0.2, 0.25) is 10.0 Å². The highest BCUT2D eigenvalue weighted by molar-refractivity contribution is 7.89. The van der Waals surface area contributed by atoms with Crippen LogP contribution in [-0.2, 0) is 16.4 Å². The minimum atomic E-state index is -3.43. The van der Waals surface area contributed by atoms with Crippen molar-refractivity contribution in [3.05, 3.63) is 29.8 Å². The van der Waals surface area contributed by atoms with Crippen molar-refractivity contribution in [1.82, 2.24) is 9.62 Å². The van der Waals surface area contributed by atoms with Crippen LogP contribution in [0, 0.1) is 0 Å². The average Bonchev–Trinajstić information content (AvgIpc) is 2.45. The molecular formula is C16H28N2O2S. The molecule has 0 fully saturated rings. The van der Waals surface area contributed by atoms with Gasteiger partial charge in [0.25, 0.3) is 0 Å². The number of hydrogen-bond donors (Lipinski definition) is 1. The maximum atomic E-state index is 12.3. The van der Waals surface area contributed by atoms with Gasteiger partial charge in [-0.2, -0.15) is 0 Å². The second-order valence-electron chi connectivity index (χ2n) is 5.40. The molecule has 0 unspecified atom stereocenters. The lowest BCUT2D eigenvalue weighted by Crippen LogP contribution is -2.41. The molecule has 4 nitrogen and oxygen atoms in total. The third-order valence-electron chi connectivity index (χ3n) is 3.56. The van der Waals surface area contributed by atoms with E-state index in [4.69, 9.17) is 0 Å². The Kier molecular flexibility index (Phi) is 7.35. The Labute approximate surface area is 129 Å². The van der Waals surface area contributed by atoms with Crippen LogP contribution in [0.3, 0.4) is 0 Å². The Balaban J connectivity index is 2.72. The van der Waals surface area contributed by atoms with Crippen molar-refractivity contribution in [2.45, 2.75) is 51.5 Å². The van der Waals surface area contributed by atoms with Crippen molar-refractivity contribution < 1.29 is 8.42 Å². The van der Waals surface area contributed by atoms with Gasteiger partial charge in [-0.25, -0.2) is 13.1 Å². The summed E-state index contributed by atoms with van der Waals surface area (Å²) >= 11 is 0. The summed E-state index contributed by atoms with van der Waals surface area (Å²) in [5.74, 6) is 0. The van der Waals surface area contributed by atoms with E-state index in [1.54, 1.807) is 12.1 Å². The molecule has 0 amide bonds. The number of benzene rings is 1. The summed E-state index contributed by atoms with van der Waals surface area (Å²) in [5, 5.41) is 0. The number of rotatable bonds is 9. The number of nitrogens with zero attached hydrogens (tertiary/aromatic N) is 1. The minimum absolute atomic E-state index is 0.106. The summed E-state index contributed by atoms with van der Waals surface area (Å²) in [4.78, 5) is 2.55. The summed E-state index contributed by atoms with van der Waals surface area (Å²) in [5.41, 5.74) is 1.17. The highest BCUT2D eigenvalue weighted by Crippen LogP contribution is 2.12. The lowest BCUT2D eigenvalue weighted by atomic mass is 10.1. The van der Waals surface area contributed by atoms with Crippen LogP contribution in [0.2, 0.25) is 0 Å². The predicted octanol–water partition coefficient (Wildman–Crippen LogP) is 2.65. The molecule has 0 bridgehead atoms. The summed E-state index contributed by atoms with van der Waals surface area (Å²) in [6.45, 7) is 10.7. The van der Waals surface area contributed by atoms with Crippen LogP contribution in [0.25, 0.3) is 0 Å². The highest BCUT2D eigenvalue weighted by atomic mass is 32.2. The molecule has 0 saturated carbocycles. The molecule has 0 spiro atoms. The molecule has 1 aromatic rings. The molecule has 120 valence electrons. The van der Waals surface area contributed by atoms with Gasteiger partial charge >= 0.3 is 0 Å². The van der Waals surface area contributed by atoms with Gasteiger partial charge in [-0.1, -0.05) is 39.3 Å². The lowest BCUT2D eigenvalue weighted by molar-refractivity contribution is 0.282. The van der Waals surface area contributed by atoms with Crippen LogP contribution in [0.5, 0.6) is 0 Å². The first-order valence-electron chi connectivity index (χ1n) is 7.76. The molecule has 0 heterocycles. The van der Waals surface area contributed by atoms with Crippen LogP contribution in [0.15, 0.2) is 29.2 Å². The van der Waals surface area contributed by atoms with Crippen LogP contribution in [0.4, 0.5) is 0 Å². The van der Waals surface area contributed by atoms with Crippen LogP contribution >= 0.6 is 0 Å². The first kappa shape index (κ1) is 18.1. The van der Waals surface area contributed by atoms with Crippen LogP contribution < -0.4 is 4.72 Å². The van der Waals surface area contributed by atoms with Crippen molar-refractivity contribution in [2.75, 3.05) is 19.6 Å². The number of sulfonamides is 1. The van der Waals surface area contributed by atoms with E-state index >= 15 is 0 Å². The SMILES string of the molecule is CCCc1ccc(S(=O)(=O)N[C@@H](C)CN(CC)CC)cc1. The van der Waals surface area contributed by atoms with E-state index in [9.17, 15) is 8.42 Å². The van der Waals surface area contributed by atoms with Gasteiger partial charge in [-0.05, 0) is 44.1 Å². The van der Waals surface area contributed by atoms with E-state index in [0.29, 0.717) is 4.90 Å². The molecule has 1 aromatic carbocycles. The monoisotopic (exact) mass is 312 g/mol. The van der Waals surface area contributed by atoms with E-state index < -0.39 is 10.0 Å². The molecule has 0 aliphatic rings. The standard InChI is InChI=1S/C16H28N2O2S/c1-5-8-15-9-11-16(12-10-15)21(19,20)17-14(4)13-18(6-2)7-3/h9-12,14,17H,5-8,13H2,1-4H3/t14-/m0/s1. The van der Waals surface area contributed by atoms with Gasteiger partial charge in [-0.15, -0.1) is 0 Å². The zero-order chi connectivity index (χ0) is 15.9. The second kappa shape index (κ2) is 8.51. The molecule has 21 heavy (non-hydrogen) atoms. The lowest BCUT2D eigenvalue weighted by Gasteiger charge is -2.23. The molecule has 0 aliphatic carbocycles. The molecule has 1 N–H and O–H groups in total. The van der Waals surface area contributed by atoms with Gasteiger partial charge in [0.15, 0.2) is 0 Å². The third kappa shape index (κ3) is 5.77. The molecule has 1 atom stereocenters. The van der Waals surface area contributed by atoms with Crippen molar-refractivity contribution >= 4 is 10.0 Å². The summed E-state index contributed by atoms with van der Waals surface area (Å²) in [6.07, 6.45) is 2.04. The molecule has 0 aliphatic heterocycles. The number of nitrogens with one attached hydrogen (secondary N) is 1. The molecular weight excluding hydrogens is 284 g/mol. The fourth-order valence-electron chi connectivity index (χ4n) is 2.36. The molecule has 0 saturated heterocycles. The maximum Gasteiger partial charge on any atom is 0.240 e. The van der Waals surface area contributed by atoms with E-state index in [1.807, 2.05) is 19.1 Å². The van der Waals surface area contributed by atoms with Gasteiger partial charge < -0.3 is 4.90 Å². The first-order valence-corrected chi connectivity index (χ1v) is 9.24. The molecule has 0 aromatic heterocycles. The third-order valence-corrected chi connectivity index (χ3v) is 5.16. The zero-order valence-corrected chi connectivity index (χ0v) is 14.4. The largest absolute Gasteiger partial charge is 0.302 e. The van der Waals surface area contributed by atoms with Gasteiger partial charge in [0, 0.05) is 12.6 Å². The van der Waals surface area contributed by atoms with Crippen molar-refractivity contribution in [2.24, 2.45) is 0 Å². The van der Waals surface area contributed by atoms with E-state index in [-0.39, 0.29) is 6.04 Å². The van der Waals surface area contributed by atoms with Crippen LogP contribution in [0.1, 0.15) is 39.7 Å². The molecule has 5 heteroatoms. The Morgan fingerprint density at radius 1 is 1.10 bits per heavy atom. The Hall–Kier alpha value is -0.910. The molecule has 0 radical (unpaired) electrons. The summed E-state index contributed by atoms with van der Waals surface area (Å²) in [6, 6.07) is 7.07. The fraction of sp³-hybridized carbons (Fsp3) is 0.625. The molecule has 1 rings (SSSR count). The van der Waals surface area contributed by atoms with Gasteiger partial charge in [0.05, 0.1) is 4.90 Å². The average molecular weight is 312 g/mol. The number of hydrogen-bond acceptors (Lipinski definition) is 3. The smallest absolute Gasteiger partial charge is 0.240 e. The Morgan fingerprint density at radius 3 is 2.14 bits per heavy atom. The highest BCUT2D eigenvalue weighted by Gasteiger charge is 2.18. The zero-order valence-electron chi connectivity index (χ0n) is 13.6. The first-order chi connectivity index (χ1) is 9.92. The fourth-order valence-corrected chi connectivity index (χ4v) is 3.60. The number of aryl methyl sites for hydroxylation is 1. The maximum absolute atomic E-state index is 12.3. The Morgan fingerprint density at radius 2 is 1.67 bits per heavy atom. The summed E-state index contributed by atoms with van der Waals surface area (Å²) in [7, 11) is -3.43. The van der Waals surface area contributed by atoms with E-state index in [0.717, 1.165) is 32.5 Å². The quantitative estimate of drug-likeness (QED) is 0.762. The predicted molar refractivity (Wildman–Crippen MR) is 88.0 cm³/mol. The normalized spacial score (nSPS) is 13.6.